The molecule has 0 heterocycles. The number of carbonyl (C=O) groups excluding carboxylic acids is 1. The number of oxime groups is 1. The Hall–Kier alpha value is -2.42. The lowest BCUT2D eigenvalue weighted by Crippen LogP contribution is -2.18. The number of Topliss-reactive ketones (excluding diaryl/α,β-unsaturated/α-hetero) is 1. The fourth-order valence-electron chi connectivity index (χ4n) is 4.12. The van der Waals surface area contributed by atoms with Crippen LogP contribution < -0.4 is 0 Å². The third-order valence-electron chi connectivity index (χ3n) is 5.40. The lowest BCUT2D eigenvalue weighted by molar-refractivity contribution is 0.105. The highest BCUT2D eigenvalue weighted by Gasteiger charge is 2.24. The molecule has 2 aliphatic carbocycles. The van der Waals surface area contributed by atoms with Crippen molar-refractivity contribution in [1.82, 2.24) is 0 Å². The van der Waals surface area contributed by atoms with Crippen molar-refractivity contribution in [2.75, 3.05) is 0 Å². The minimum atomic E-state index is -0.136. The van der Waals surface area contributed by atoms with Gasteiger partial charge in [-0.2, -0.15) is 0 Å². The van der Waals surface area contributed by atoms with E-state index in [4.69, 9.17) is 0 Å². The third kappa shape index (κ3) is 2.64. The highest BCUT2D eigenvalue weighted by atomic mass is 16.4. The fraction of sp³-hybridized carbons (Fsp3) is 0.333. The predicted octanol–water partition coefficient (Wildman–Crippen LogP) is 4.85. The number of fused-ring (bicyclic) bond motifs is 3. The van der Waals surface area contributed by atoms with Gasteiger partial charge in [0.25, 0.3) is 0 Å². The number of ketones is 1. The Kier molecular flexibility index (Phi) is 3.93. The molecule has 1 saturated carbocycles. The van der Waals surface area contributed by atoms with Crippen LogP contribution in [0.4, 0.5) is 0 Å². The molecular weight excluding hydrogens is 298 g/mol. The molecule has 0 saturated heterocycles. The van der Waals surface area contributed by atoms with E-state index < -0.39 is 0 Å². The van der Waals surface area contributed by atoms with Crippen molar-refractivity contribution in [2.24, 2.45) is 11.1 Å². The van der Waals surface area contributed by atoms with Crippen molar-refractivity contribution in [1.29, 1.82) is 0 Å². The van der Waals surface area contributed by atoms with Gasteiger partial charge in [0, 0.05) is 5.56 Å². The summed E-state index contributed by atoms with van der Waals surface area (Å²) in [6, 6.07) is 14.2. The molecule has 0 unspecified atom stereocenters. The Morgan fingerprint density at radius 1 is 1.04 bits per heavy atom. The zero-order chi connectivity index (χ0) is 16.5. The summed E-state index contributed by atoms with van der Waals surface area (Å²) in [5, 5.41) is 12.6. The second-order valence-corrected chi connectivity index (χ2v) is 6.94. The van der Waals surface area contributed by atoms with Crippen LogP contribution in [0.1, 0.15) is 53.6 Å². The molecule has 3 nitrogen and oxygen atoms in total. The molecule has 0 amide bonds. The number of hydrogen-bond donors (Lipinski definition) is 1. The summed E-state index contributed by atoms with van der Waals surface area (Å²) in [4.78, 5) is 12.7. The normalized spacial score (nSPS) is 16.9. The van der Waals surface area contributed by atoms with Gasteiger partial charge in [-0.15, -0.1) is 0 Å². The van der Waals surface area contributed by atoms with E-state index in [9.17, 15) is 10.0 Å². The standard InChI is InChI=1S/C21H21NO2/c23-21(20(22-24)11-14-5-1-2-6-14)16-9-10-19-17(13-16)12-15-7-3-4-8-18(15)19/h3-4,7-10,13-14,24H,1-2,5-6,11-12H2/b22-20+. The maximum Gasteiger partial charge on any atom is 0.210 e. The first kappa shape index (κ1) is 15.1. The summed E-state index contributed by atoms with van der Waals surface area (Å²) in [6.07, 6.45) is 6.15. The van der Waals surface area contributed by atoms with E-state index in [1.54, 1.807) is 0 Å². The second-order valence-electron chi connectivity index (χ2n) is 6.94. The highest BCUT2D eigenvalue weighted by molar-refractivity contribution is 6.46. The maximum absolute atomic E-state index is 12.7. The minimum Gasteiger partial charge on any atom is -0.411 e. The van der Waals surface area contributed by atoms with E-state index in [0.717, 1.165) is 19.3 Å². The number of benzene rings is 2. The predicted molar refractivity (Wildman–Crippen MR) is 94.8 cm³/mol. The first-order chi connectivity index (χ1) is 11.8. The average Bonchev–Trinajstić information content (AvgIpc) is 3.25. The largest absolute Gasteiger partial charge is 0.411 e. The van der Waals surface area contributed by atoms with Crippen LogP contribution in [0.3, 0.4) is 0 Å². The van der Waals surface area contributed by atoms with Gasteiger partial charge < -0.3 is 5.21 Å². The van der Waals surface area contributed by atoms with Crippen molar-refractivity contribution >= 4 is 11.5 Å². The van der Waals surface area contributed by atoms with Crippen molar-refractivity contribution < 1.29 is 10.0 Å². The Morgan fingerprint density at radius 2 is 1.79 bits per heavy atom. The number of rotatable bonds is 4. The molecule has 2 aliphatic rings. The average molecular weight is 319 g/mol. The molecule has 0 aromatic heterocycles. The Morgan fingerprint density at radius 3 is 2.58 bits per heavy atom. The monoisotopic (exact) mass is 319 g/mol. The summed E-state index contributed by atoms with van der Waals surface area (Å²) in [6.45, 7) is 0. The number of carbonyl (C=O) groups is 1. The molecule has 0 bridgehead atoms. The van der Waals surface area contributed by atoms with E-state index >= 15 is 0 Å². The van der Waals surface area contributed by atoms with Crippen LogP contribution in [0.15, 0.2) is 47.6 Å². The van der Waals surface area contributed by atoms with E-state index in [1.165, 1.54) is 35.1 Å². The Balaban J connectivity index is 1.58. The summed E-state index contributed by atoms with van der Waals surface area (Å²) < 4.78 is 0. The summed E-state index contributed by atoms with van der Waals surface area (Å²) in [5.41, 5.74) is 5.89. The van der Waals surface area contributed by atoms with Crippen LogP contribution in [-0.2, 0) is 6.42 Å². The van der Waals surface area contributed by atoms with E-state index in [0.29, 0.717) is 23.6 Å². The number of hydrogen-bond acceptors (Lipinski definition) is 3. The Bertz CT molecular complexity index is 816. The van der Waals surface area contributed by atoms with Crippen LogP contribution in [-0.4, -0.2) is 16.7 Å². The second kappa shape index (κ2) is 6.23. The molecule has 3 heteroatoms. The van der Waals surface area contributed by atoms with Gasteiger partial charge in [0.15, 0.2) is 0 Å². The molecule has 1 N–H and O–H groups in total. The molecule has 1 fully saturated rings. The minimum absolute atomic E-state index is 0.136. The quantitative estimate of drug-likeness (QED) is 0.323. The smallest absolute Gasteiger partial charge is 0.210 e. The van der Waals surface area contributed by atoms with E-state index in [2.05, 4.69) is 23.4 Å². The molecule has 24 heavy (non-hydrogen) atoms. The fourth-order valence-corrected chi connectivity index (χ4v) is 4.12. The van der Waals surface area contributed by atoms with Crippen molar-refractivity contribution in [3.8, 4) is 11.1 Å². The zero-order valence-electron chi connectivity index (χ0n) is 13.7. The summed E-state index contributed by atoms with van der Waals surface area (Å²) in [7, 11) is 0. The molecule has 4 rings (SSSR count). The number of nitrogens with zero attached hydrogens (tertiary/aromatic N) is 1. The van der Waals surface area contributed by atoms with Gasteiger partial charge in [-0.1, -0.05) is 67.2 Å². The van der Waals surface area contributed by atoms with Gasteiger partial charge in [0.05, 0.1) is 0 Å². The van der Waals surface area contributed by atoms with Crippen LogP contribution in [0.5, 0.6) is 0 Å². The third-order valence-corrected chi connectivity index (χ3v) is 5.40. The van der Waals surface area contributed by atoms with Crippen LogP contribution >= 0.6 is 0 Å². The lowest BCUT2D eigenvalue weighted by Gasteiger charge is -2.10. The van der Waals surface area contributed by atoms with Gasteiger partial charge in [0.1, 0.15) is 5.71 Å². The first-order valence-corrected chi connectivity index (χ1v) is 8.73. The van der Waals surface area contributed by atoms with Gasteiger partial charge in [-0.25, -0.2) is 0 Å². The SMILES string of the molecule is O=C(/C(CC1CCCC1)=N/O)c1ccc2c(c1)Cc1ccccc1-2. The highest BCUT2D eigenvalue weighted by Crippen LogP contribution is 2.37. The molecule has 0 atom stereocenters. The van der Waals surface area contributed by atoms with Crippen LogP contribution in [0, 0.1) is 5.92 Å². The molecule has 2 aromatic rings. The van der Waals surface area contributed by atoms with E-state index in [1.807, 2.05) is 24.3 Å². The molecule has 2 aromatic carbocycles. The lowest BCUT2D eigenvalue weighted by atomic mass is 9.94. The van der Waals surface area contributed by atoms with Crippen molar-refractivity contribution in [3.63, 3.8) is 0 Å². The van der Waals surface area contributed by atoms with Gasteiger partial charge in [0.2, 0.25) is 5.78 Å². The van der Waals surface area contributed by atoms with Gasteiger partial charge in [-0.05, 0) is 47.1 Å². The molecular formula is C21H21NO2. The van der Waals surface area contributed by atoms with Crippen molar-refractivity contribution in [2.45, 2.75) is 38.5 Å². The summed E-state index contributed by atoms with van der Waals surface area (Å²) >= 11 is 0. The topological polar surface area (TPSA) is 49.7 Å². The van der Waals surface area contributed by atoms with E-state index in [-0.39, 0.29) is 5.78 Å². The molecule has 0 radical (unpaired) electrons. The molecule has 122 valence electrons. The van der Waals surface area contributed by atoms with Crippen LogP contribution in [0.25, 0.3) is 11.1 Å². The van der Waals surface area contributed by atoms with Crippen molar-refractivity contribution in [3.05, 3.63) is 59.2 Å². The molecule has 0 aliphatic heterocycles. The summed E-state index contributed by atoms with van der Waals surface area (Å²) in [5.74, 6) is 0.349. The zero-order valence-corrected chi connectivity index (χ0v) is 13.7. The first-order valence-electron chi connectivity index (χ1n) is 8.73. The van der Waals surface area contributed by atoms with Gasteiger partial charge in [-0.3, -0.25) is 4.79 Å². The van der Waals surface area contributed by atoms with Crippen LogP contribution in [0.2, 0.25) is 0 Å². The maximum atomic E-state index is 12.7. The Labute approximate surface area is 142 Å². The van der Waals surface area contributed by atoms with Gasteiger partial charge >= 0.3 is 0 Å². The molecule has 0 spiro atoms.